The van der Waals surface area contributed by atoms with Gasteiger partial charge in [0.05, 0.1) is 28.2 Å². The number of aryl methyl sites for hydroxylation is 1. The van der Waals surface area contributed by atoms with Gasteiger partial charge in [-0.2, -0.15) is 5.10 Å². The molecule has 0 spiro atoms. The van der Waals surface area contributed by atoms with Gasteiger partial charge in [-0.15, -0.1) is 0 Å². The molecule has 0 saturated carbocycles. The molecule has 154 valence electrons. The number of anilines is 2. The highest BCUT2D eigenvalue weighted by molar-refractivity contribution is 6.04. The van der Waals surface area contributed by atoms with E-state index in [2.05, 4.69) is 4.98 Å². The first-order chi connectivity index (χ1) is 14.9. The second-order valence-corrected chi connectivity index (χ2v) is 7.55. The summed E-state index contributed by atoms with van der Waals surface area (Å²) < 4.78 is 15.2. The van der Waals surface area contributed by atoms with Crippen LogP contribution in [0.4, 0.5) is 15.8 Å². The number of halogens is 1. The van der Waals surface area contributed by atoms with Crippen molar-refractivity contribution in [1.29, 1.82) is 0 Å². The molecule has 5 rings (SSSR count). The highest BCUT2D eigenvalue weighted by atomic mass is 19.1. The average Bonchev–Trinajstić information content (AvgIpc) is 3.34. The summed E-state index contributed by atoms with van der Waals surface area (Å²) in [6.45, 7) is 0. The molecule has 4 aromatic rings. The molecule has 0 bridgehead atoms. The van der Waals surface area contributed by atoms with Crippen molar-refractivity contribution in [1.82, 2.24) is 14.8 Å². The Balaban J connectivity index is 1.60. The fraction of sp³-hybridized carbons (Fsp3) is 0.125. The fourth-order valence-electron chi connectivity index (χ4n) is 4.21. The molecule has 6 nitrogen and oxygen atoms in total. The van der Waals surface area contributed by atoms with Crippen molar-refractivity contribution in [2.75, 3.05) is 11.9 Å². The number of carboxylic acids is 1. The van der Waals surface area contributed by atoms with Crippen LogP contribution < -0.4 is 4.90 Å². The Morgan fingerprint density at radius 3 is 2.68 bits per heavy atom. The molecular weight excluding hydrogens is 395 g/mol. The number of aromatic carboxylic acids is 1. The number of carbonyl (C=O) groups is 1. The van der Waals surface area contributed by atoms with Crippen LogP contribution in [-0.4, -0.2) is 32.9 Å². The van der Waals surface area contributed by atoms with E-state index < -0.39 is 5.97 Å². The van der Waals surface area contributed by atoms with Crippen LogP contribution in [0.3, 0.4) is 0 Å². The lowest BCUT2D eigenvalue weighted by Crippen LogP contribution is -2.11. The number of allylic oxidation sites excluding steroid dienone is 1. The van der Waals surface area contributed by atoms with Crippen LogP contribution in [-0.2, 0) is 13.5 Å². The summed E-state index contributed by atoms with van der Waals surface area (Å²) in [6.07, 6.45) is 3.91. The van der Waals surface area contributed by atoms with Crippen LogP contribution in [0.1, 0.15) is 27.3 Å². The van der Waals surface area contributed by atoms with Gasteiger partial charge in [-0.05, 0) is 53.6 Å². The summed E-state index contributed by atoms with van der Waals surface area (Å²) in [6, 6.07) is 13.9. The van der Waals surface area contributed by atoms with Crippen LogP contribution in [0.15, 0.2) is 54.7 Å². The van der Waals surface area contributed by atoms with Gasteiger partial charge in [0.25, 0.3) is 0 Å². The number of hydrogen-bond acceptors (Lipinski definition) is 4. The number of carboxylic acid groups (broad SMARTS) is 1. The number of para-hydroxylation sites is 1. The summed E-state index contributed by atoms with van der Waals surface area (Å²) in [5.41, 5.74) is 6.13. The van der Waals surface area contributed by atoms with Gasteiger partial charge in [-0.1, -0.05) is 12.1 Å². The van der Waals surface area contributed by atoms with Crippen molar-refractivity contribution >= 4 is 39.9 Å². The third kappa shape index (κ3) is 3.06. The fourth-order valence-corrected chi connectivity index (χ4v) is 4.21. The highest BCUT2D eigenvalue weighted by Gasteiger charge is 2.25. The smallest absolute Gasteiger partial charge is 0.336 e. The highest BCUT2D eigenvalue weighted by Crippen LogP contribution is 2.38. The Labute approximate surface area is 177 Å². The lowest BCUT2D eigenvalue weighted by molar-refractivity contribution is 0.0695. The van der Waals surface area contributed by atoms with Gasteiger partial charge in [-0.3, -0.25) is 9.67 Å². The maximum absolute atomic E-state index is 13.4. The topological polar surface area (TPSA) is 71.2 Å². The zero-order chi connectivity index (χ0) is 21.7. The second-order valence-electron chi connectivity index (χ2n) is 7.55. The van der Waals surface area contributed by atoms with Gasteiger partial charge in [0, 0.05) is 37.8 Å². The minimum absolute atomic E-state index is 0.271. The number of nitrogens with zero attached hydrogens (tertiary/aromatic N) is 4. The van der Waals surface area contributed by atoms with Gasteiger partial charge < -0.3 is 10.0 Å². The molecular formula is C24H19FN4O2. The molecule has 0 unspecified atom stereocenters. The van der Waals surface area contributed by atoms with Crippen molar-refractivity contribution in [3.63, 3.8) is 0 Å². The summed E-state index contributed by atoms with van der Waals surface area (Å²) >= 11 is 0. The van der Waals surface area contributed by atoms with Crippen LogP contribution in [0, 0.1) is 5.82 Å². The molecule has 2 aromatic heterocycles. The molecule has 1 aliphatic carbocycles. The van der Waals surface area contributed by atoms with Crippen molar-refractivity contribution in [3.8, 4) is 0 Å². The van der Waals surface area contributed by atoms with Gasteiger partial charge >= 0.3 is 5.97 Å². The van der Waals surface area contributed by atoms with Crippen LogP contribution in [0.2, 0.25) is 0 Å². The maximum atomic E-state index is 13.4. The van der Waals surface area contributed by atoms with E-state index in [1.54, 1.807) is 12.1 Å². The van der Waals surface area contributed by atoms with Gasteiger partial charge in [0.2, 0.25) is 0 Å². The molecule has 1 aliphatic rings. The lowest BCUT2D eigenvalue weighted by Gasteiger charge is -2.20. The van der Waals surface area contributed by atoms with Crippen LogP contribution in [0.5, 0.6) is 0 Å². The third-order valence-corrected chi connectivity index (χ3v) is 5.72. The van der Waals surface area contributed by atoms with Crippen molar-refractivity contribution < 1.29 is 14.3 Å². The zero-order valence-electron chi connectivity index (χ0n) is 17.0. The molecule has 0 atom stereocenters. The Hall–Kier alpha value is -4.00. The first-order valence-electron chi connectivity index (χ1n) is 9.81. The van der Waals surface area contributed by atoms with Gasteiger partial charge in [0.15, 0.2) is 0 Å². The molecule has 0 aliphatic heterocycles. The lowest BCUT2D eigenvalue weighted by atomic mass is 10.0. The first kappa shape index (κ1) is 19.0. The summed E-state index contributed by atoms with van der Waals surface area (Å²) in [5, 5.41) is 15.2. The van der Waals surface area contributed by atoms with E-state index in [1.165, 1.54) is 24.4 Å². The minimum atomic E-state index is -0.956. The molecule has 31 heavy (non-hydrogen) atoms. The molecule has 0 saturated heterocycles. The molecule has 0 fully saturated rings. The summed E-state index contributed by atoms with van der Waals surface area (Å²) in [7, 11) is 3.82. The van der Waals surface area contributed by atoms with E-state index in [9.17, 15) is 14.3 Å². The van der Waals surface area contributed by atoms with E-state index in [-0.39, 0.29) is 11.4 Å². The van der Waals surface area contributed by atoms with Crippen LogP contribution >= 0.6 is 0 Å². The molecule has 1 N–H and O–H groups in total. The predicted molar refractivity (Wildman–Crippen MR) is 118 cm³/mol. The largest absolute Gasteiger partial charge is 0.478 e. The van der Waals surface area contributed by atoms with Gasteiger partial charge in [-0.25, -0.2) is 9.18 Å². The summed E-state index contributed by atoms with van der Waals surface area (Å²) in [5.74, 6) is -1.23. The first-order valence-corrected chi connectivity index (χ1v) is 9.81. The van der Waals surface area contributed by atoms with Crippen LogP contribution in [0.25, 0.3) is 22.6 Å². The van der Waals surface area contributed by atoms with E-state index in [0.717, 1.165) is 33.5 Å². The quantitative estimate of drug-likeness (QED) is 0.525. The van der Waals surface area contributed by atoms with Gasteiger partial charge in [0.1, 0.15) is 5.82 Å². The molecule has 0 amide bonds. The van der Waals surface area contributed by atoms with Crippen molar-refractivity contribution in [2.45, 2.75) is 6.42 Å². The maximum Gasteiger partial charge on any atom is 0.336 e. The SMILES string of the molecule is CN(c1ccc(F)cc1)c1cccc2c(C3=Cc4nccc(C(=O)O)c4C3)nn(C)c12. The third-order valence-electron chi connectivity index (χ3n) is 5.72. The zero-order valence-corrected chi connectivity index (χ0v) is 17.0. The number of pyridine rings is 1. The molecule has 2 aromatic carbocycles. The second kappa shape index (κ2) is 7.05. The Kier molecular flexibility index (Phi) is 4.32. The number of fused-ring (bicyclic) bond motifs is 2. The predicted octanol–water partition coefficient (Wildman–Crippen LogP) is 4.67. The Morgan fingerprint density at radius 2 is 1.94 bits per heavy atom. The standard InChI is InChI=1S/C24H19FN4O2/c1-28(16-8-6-15(25)7-9-16)21-5-3-4-18-22(27-29(2)23(18)21)14-12-19-17(24(30)31)10-11-26-20(19)13-14/h3-11,13H,12H2,1-2H3,(H,30,31). The minimum Gasteiger partial charge on any atom is -0.478 e. The number of benzene rings is 2. The number of rotatable bonds is 4. The Morgan fingerprint density at radius 1 is 1.16 bits per heavy atom. The number of aromatic nitrogens is 3. The average molecular weight is 414 g/mol. The number of hydrogen-bond donors (Lipinski definition) is 1. The summed E-state index contributed by atoms with van der Waals surface area (Å²) in [4.78, 5) is 17.9. The Bertz CT molecular complexity index is 1370. The van der Waals surface area contributed by atoms with E-state index in [1.807, 2.05) is 48.0 Å². The monoisotopic (exact) mass is 414 g/mol. The normalized spacial score (nSPS) is 12.7. The van der Waals surface area contributed by atoms with Crippen molar-refractivity contribution in [3.05, 3.63) is 83.1 Å². The van der Waals surface area contributed by atoms with Crippen molar-refractivity contribution in [2.24, 2.45) is 7.05 Å². The van der Waals surface area contributed by atoms with E-state index in [4.69, 9.17) is 5.10 Å². The van der Waals surface area contributed by atoms with E-state index in [0.29, 0.717) is 17.7 Å². The molecule has 7 heteroatoms. The molecule has 0 radical (unpaired) electrons. The molecule has 2 heterocycles. The van der Waals surface area contributed by atoms with E-state index >= 15 is 0 Å².